The smallest absolute Gasteiger partial charge is 0.251 e. The maximum atomic E-state index is 12.9. The molecular weight excluding hydrogens is 224 g/mol. The van der Waals surface area contributed by atoms with E-state index in [0.717, 1.165) is 6.42 Å². The Labute approximate surface area is 101 Å². The molecule has 1 heterocycles. The fraction of sp³-hybridized carbons (Fsp3) is 0.923. The minimum absolute atomic E-state index is 0.0763. The Morgan fingerprint density at radius 1 is 1.18 bits per heavy atom. The van der Waals surface area contributed by atoms with Gasteiger partial charge in [-0.1, -0.05) is 25.7 Å². The number of piperidine rings is 1. The molecule has 2 fully saturated rings. The highest BCUT2D eigenvalue weighted by Gasteiger charge is 2.35. The lowest BCUT2D eigenvalue weighted by Crippen LogP contribution is -2.42. The fourth-order valence-electron chi connectivity index (χ4n) is 2.87. The number of halogens is 2. The van der Waals surface area contributed by atoms with Gasteiger partial charge in [0.2, 0.25) is 5.91 Å². The average Bonchev–Trinajstić information content (AvgIpc) is 2.78. The van der Waals surface area contributed by atoms with Gasteiger partial charge in [-0.15, -0.1) is 0 Å². The molecule has 0 aromatic rings. The maximum absolute atomic E-state index is 12.9. The van der Waals surface area contributed by atoms with Crippen LogP contribution in [0.2, 0.25) is 0 Å². The quantitative estimate of drug-likeness (QED) is 0.747. The first-order valence-electron chi connectivity index (χ1n) is 6.72. The highest BCUT2D eigenvalue weighted by atomic mass is 19.3. The number of nitrogens with zero attached hydrogens (tertiary/aromatic N) is 1. The van der Waals surface area contributed by atoms with E-state index in [4.69, 9.17) is 0 Å². The van der Waals surface area contributed by atoms with E-state index in [0.29, 0.717) is 12.3 Å². The van der Waals surface area contributed by atoms with Gasteiger partial charge < -0.3 is 4.90 Å². The summed E-state index contributed by atoms with van der Waals surface area (Å²) in [6.07, 6.45) is 6.23. The molecule has 2 rings (SSSR count). The van der Waals surface area contributed by atoms with Crippen LogP contribution in [0.1, 0.15) is 51.4 Å². The lowest BCUT2D eigenvalue weighted by molar-refractivity contribution is -0.137. The molecule has 0 spiro atoms. The third kappa shape index (κ3) is 3.65. The molecule has 0 atom stereocenters. The van der Waals surface area contributed by atoms with Gasteiger partial charge in [0.25, 0.3) is 5.92 Å². The van der Waals surface area contributed by atoms with Crippen LogP contribution < -0.4 is 0 Å². The summed E-state index contributed by atoms with van der Waals surface area (Å²) in [6, 6.07) is 0. The Morgan fingerprint density at radius 3 is 2.35 bits per heavy atom. The van der Waals surface area contributed by atoms with Crippen molar-refractivity contribution in [2.45, 2.75) is 57.3 Å². The summed E-state index contributed by atoms with van der Waals surface area (Å²) in [5, 5.41) is 0. The van der Waals surface area contributed by atoms with E-state index >= 15 is 0 Å². The SMILES string of the molecule is O=C(CCC1CCCC1)N1CCC(F)(F)CC1. The van der Waals surface area contributed by atoms with Crippen LogP contribution in [0.5, 0.6) is 0 Å². The third-order valence-corrected chi connectivity index (χ3v) is 4.09. The molecule has 0 aromatic carbocycles. The van der Waals surface area contributed by atoms with Gasteiger partial charge in [0.15, 0.2) is 0 Å². The van der Waals surface area contributed by atoms with E-state index in [1.165, 1.54) is 25.7 Å². The molecule has 2 nitrogen and oxygen atoms in total. The lowest BCUT2D eigenvalue weighted by Gasteiger charge is -2.32. The monoisotopic (exact) mass is 245 g/mol. The summed E-state index contributed by atoms with van der Waals surface area (Å²) in [5.74, 6) is -1.78. The van der Waals surface area contributed by atoms with Crippen LogP contribution in [-0.2, 0) is 4.79 Å². The zero-order chi connectivity index (χ0) is 12.3. The van der Waals surface area contributed by atoms with Crippen molar-refractivity contribution in [1.29, 1.82) is 0 Å². The molecule has 1 aliphatic heterocycles. The van der Waals surface area contributed by atoms with Crippen LogP contribution in [0, 0.1) is 5.92 Å². The second kappa shape index (κ2) is 5.32. The van der Waals surface area contributed by atoms with Gasteiger partial charge in [-0.05, 0) is 12.3 Å². The van der Waals surface area contributed by atoms with E-state index in [1.807, 2.05) is 0 Å². The van der Waals surface area contributed by atoms with Crippen LogP contribution in [0.4, 0.5) is 8.78 Å². The molecule has 2 aliphatic rings. The van der Waals surface area contributed by atoms with Crippen LogP contribution in [0.25, 0.3) is 0 Å². The summed E-state index contributed by atoms with van der Waals surface area (Å²) in [7, 11) is 0. The van der Waals surface area contributed by atoms with E-state index in [1.54, 1.807) is 4.90 Å². The number of hydrogen-bond donors (Lipinski definition) is 0. The van der Waals surface area contributed by atoms with Crippen LogP contribution in [0.15, 0.2) is 0 Å². The van der Waals surface area contributed by atoms with Crippen molar-refractivity contribution in [2.24, 2.45) is 5.92 Å². The van der Waals surface area contributed by atoms with Crippen LogP contribution >= 0.6 is 0 Å². The molecule has 0 aromatic heterocycles. The zero-order valence-electron chi connectivity index (χ0n) is 10.3. The van der Waals surface area contributed by atoms with E-state index in [-0.39, 0.29) is 31.8 Å². The molecule has 0 N–H and O–H groups in total. The average molecular weight is 245 g/mol. The highest BCUT2D eigenvalue weighted by Crippen LogP contribution is 2.30. The lowest BCUT2D eigenvalue weighted by atomic mass is 10.0. The van der Waals surface area contributed by atoms with Gasteiger partial charge in [0.05, 0.1) is 0 Å². The molecular formula is C13H21F2NO. The van der Waals surface area contributed by atoms with Crippen molar-refractivity contribution < 1.29 is 13.6 Å². The Morgan fingerprint density at radius 2 is 1.76 bits per heavy atom. The standard InChI is InChI=1S/C13H21F2NO/c14-13(15)7-9-16(10-8-13)12(17)6-5-11-3-1-2-4-11/h11H,1-10H2. The number of carbonyl (C=O) groups is 1. The van der Waals surface area contributed by atoms with E-state index in [2.05, 4.69) is 0 Å². The van der Waals surface area contributed by atoms with Crippen LogP contribution in [0.3, 0.4) is 0 Å². The number of carbonyl (C=O) groups excluding carboxylic acids is 1. The molecule has 0 unspecified atom stereocenters. The number of hydrogen-bond acceptors (Lipinski definition) is 1. The number of amides is 1. The molecule has 17 heavy (non-hydrogen) atoms. The Kier molecular flexibility index (Phi) is 4.00. The predicted octanol–water partition coefficient (Wildman–Crippen LogP) is 3.21. The first kappa shape index (κ1) is 12.8. The Balaban J connectivity index is 1.69. The maximum Gasteiger partial charge on any atom is 0.251 e. The molecule has 1 amide bonds. The predicted molar refractivity (Wildman–Crippen MR) is 62.0 cm³/mol. The largest absolute Gasteiger partial charge is 0.342 e. The van der Waals surface area contributed by atoms with Crippen molar-refractivity contribution in [3.05, 3.63) is 0 Å². The Bertz CT molecular complexity index is 265. The van der Waals surface area contributed by atoms with Crippen molar-refractivity contribution in [3.8, 4) is 0 Å². The summed E-state index contributed by atoms with van der Waals surface area (Å²) in [5.41, 5.74) is 0. The number of likely N-dealkylation sites (tertiary alicyclic amines) is 1. The second-order valence-electron chi connectivity index (χ2n) is 5.43. The first-order chi connectivity index (χ1) is 8.07. The van der Waals surface area contributed by atoms with Crippen molar-refractivity contribution in [1.82, 2.24) is 4.90 Å². The molecule has 4 heteroatoms. The zero-order valence-corrected chi connectivity index (χ0v) is 10.3. The normalized spacial score (nSPS) is 25.2. The minimum atomic E-state index is -2.55. The molecule has 1 aliphatic carbocycles. The van der Waals surface area contributed by atoms with E-state index in [9.17, 15) is 13.6 Å². The van der Waals surface area contributed by atoms with Gasteiger partial charge >= 0.3 is 0 Å². The molecule has 1 saturated heterocycles. The van der Waals surface area contributed by atoms with Gasteiger partial charge in [-0.2, -0.15) is 0 Å². The number of rotatable bonds is 3. The highest BCUT2D eigenvalue weighted by molar-refractivity contribution is 5.76. The first-order valence-corrected chi connectivity index (χ1v) is 6.72. The van der Waals surface area contributed by atoms with Crippen molar-refractivity contribution in [2.75, 3.05) is 13.1 Å². The Hall–Kier alpha value is -0.670. The fourth-order valence-corrected chi connectivity index (χ4v) is 2.87. The molecule has 98 valence electrons. The second-order valence-corrected chi connectivity index (χ2v) is 5.43. The topological polar surface area (TPSA) is 20.3 Å². The molecule has 0 radical (unpaired) electrons. The molecule has 0 bridgehead atoms. The summed E-state index contributed by atoms with van der Waals surface area (Å²) >= 11 is 0. The van der Waals surface area contributed by atoms with Crippen molar-refractivity contribution in [3.63, 3.8) is 0 Å². The minimum Gasteiger partial charge on any atom is -0.342 e. The number of alkyl halides is 2. The van der Waals surface area contributed by atoms with Crippen LogP contribution in [-0.4, -0.2) is 29.8 Å². The van der Waals surface area contributed by atoms with Gasteiger partial charge in [-0.3, -0.25) is 4.79 Å². The van der Waals surface area contributed by atoms with Gasteiger partial charge in [0.1, 0.15) is 0 Å². The molecule has 1 saturated carbocycles. The van der Waals surface area contributed by atoms with Crippen molar-refractivity contribution >= 4 is 5.91 Å². The summed E-state index contributed by atoms with van der Waals surface area (Å²) in [4.78, 5) is 13.5. The van der Waals surface area contributed by atoms with Gasteiger partial charge in [-0.25, -0.2) is 8.78 Å². The summed E-state index contributed by atoms with van der Waals surface area (Å²) < 4.78 is 25.9. The summed E-state index contributed by atoms with van der Waals surface area (Å²) in [6.45, 7) is 0.465. The third-order valence-electron chi connectivity index (χ3n) is 4.09. The van der Waals surface area contributed by atoms with E-state index < -0.39 is 5.92 Å². The van der Waals surface area contributed by atoms with Gasteiger partial charge in [0, 0.05) is 32.4 Å².